The fourth-order valence-electron chi connectivity index (χ4n) is 0. The third kappa shape index (κ3) is 4.69. The zero-order valence-electron chi connectivity index (χ0n) is 4.41. The van der Waals surface area contributed by atoms with Gasteiger partial charge in [-0.2, -0.15) is 0 Å². The summed E-state index contributed by atoms with van der Waals surface area (Å²) in [5.41, 5.74) is 0. The van der Waals surface area contributed by atoms with E-state index >= 15 is 0 Å². The fraction of sp³-hybridized carbons (Fsp3) is 0.750. The van der Waals surface area contributed by atoms with Gasteiger partial charge in [0.2, 0.25) is 0 Å². The molecule has 0 aromatic rings. The molecule has 0 N–H and O–H groups in total. The SMILES string of the molecule is C[Si](C)(C)[C]#[Mo]. The Balaban J connectivity index is 3.55. The molecule has 35 valence electrons. The van der Waals surface area contributed by atoms with E-state index in [0.29, 0.717) is 0 Å². The minimum atomic E-state index is -0.877. The molecule has 0 aromatic carbocycles. The zero-order valence-corrected chi connectivity index (χ0v) is 7.42. The van der Waals surface area contributed by atoms with Gasteiger partial charge in [0.1, 0.15) is 0 Å². The number of hydrogen-bond acceptors (Lipinski definition) is 0. The summed E-state index contributed by atoms with van der Waals surface area (Å²) in [6, 6.07) is 0. The van der Waals surface area contributed by atoms with Gasteiger partial charge in [-0.3, -0.25) is 0 Å². The van der Waals surface area contributed by atoms with Gasteiger partial charge < -0.3 is 0 Å². The summed E-state index contributed by atoms with van der Waals surface area (Å²) in [5, 5.41) is 0. The van der Waals surface area contributed by atoms with E-state index in [-0.39, 0.29) is 0 Å². The first-order chi connectivity index (χ1) is 2.56. The zero-order chi connectivity index (χ0) is 5.21. The van der Waals surface area contributed by atoms with Crippen LogP contribution < -0.4 is 0 Å². The molecule has 0 aliphatic rings. The van der Waals surface area contributed by atoms with Crippen LogP contribution in [0.3, 0.4) is 0 Å². The second kappa shape index (κ2) is 2.11. The van der Waals surface area contributed by atoms with Crippen molar-refractivity contribution >= 4 is 8.07 Å². The Labute approximate surface area is 51.0 Å². The second-order valence-electron chi connectivity index (χ2n) is 2.35. The van der Waals surface area contributed by atoms with Crippen molar-refractivity contribution in [3.05, 3.63) is 0 Å². The Hall–Kier alpha value is 0.685. The van der Waals surface area contributed by atoms with Gasteiger partial charge in [-0.15, -0.1) is 0 Å². The van der Waals surface area contributed by atoms with E-state index in [1.807, 2.05) is 19.2 Å². The molecule has 0 radical (unpaired) electrons. The summed E-state index contributed by atoms with van der Waals surface area (Å²) in [4.78, 5) is 0. The third-order valence-corrected chi connectivity index (χ3v) is 5.43. The maximum atomic E-state index is 3.25. The third-order valence-electron chi connectivity index (χ3n) is 0.306. The summed E-state index contributed by atoms with van der Waals surface area (Å²) in [5.74, 6) is 0. The van der Waals surface area contributed by atoms with E-state index in [9.17, 15) is 0 Å². The van der Waals surface area contributed by atoms with Crippen molar-refractivity contribution in [3.8, 4) is 3.83 Å². The summed E-state index contributed by atoms with van der Waals surface area (Å²) in [7, 11) is -0.877. The molecule has 0 spiro atoms. The van der Waals surface area contributed by atoms with Gasteiger partial charge in [-0.1, -0.05) is 0 Å². The van der Waals surface area contributed by atoms with E-state index in [4.69, 9.17) is 0 Å². The summed E-state index contributed by atoms with van der Waals surface area (Å²) < 4.78 is 3.25. The summed E-state index contributed by atoms with van der Waals surface area (Å²) >= 11 is 1.96. The Morgan fingerprint density at radius 2 is 1.50 bits per heavy atom. The van der Waals surface area contributed by atoms with E-state index < -0.39 is 8.07 Å². The molecule has 0 nitrogen and oxygen atoms in total. The molecule has 0 saturated heterocycles. The molecule has 0 aromatic heterocycles. The topological polar surface area (TPSA) is 0 Å². The molecule has 0 bridgehead atoms. The Morgan fingerprint density at radius 3 is 1.50 bits per heavy atom. The molecule has 0 unspecified atom stereocenters. The predicted octanol–water partition coefficient (Wildman–Crippen LogP) is 1.37. The van der Waals surface area contributed by atoms with Gasteiger partial charge in [0.05, 0.1) is 0 Å². The van der Waals surface area contributed by atoms with Gasteiger partial charge in [0, 0.05) is 0 Å². The van der Waals surface area contributed by atoms with Crippen molar-refractivity contribution in [2.24, 2.45) is 0 Å². The van der Waals surface area contributed by atoms with Gasteiger partial charge in [-0.25, -0.2) is 0 Å². The molecule has 0 aliphatic carbocycles. The molecule has 2 heteroatoms. The molecule has 0 amide bonds. The first kappa shape index (κ1) is 6.69. The van der Waals surface area contributed by atoms with Crippen LogP contribution in [0.4, 0.5) is 0 Å². The first-order valence-electron chi connectivity index (χ1n) is 1.95. The van der Waals surface area contributed by atoms with E-state index in [1.54, 1.807) is 0 Å². The van der Waals surface area contributed by atoms with Crippen molar-refractivity contribution in [2.75, 3.05) is 0 Å². The normalized spacial score (nSPS) is 10.3. The monoisotopic (exact) mass is 183 g/mol. The van der Waals surface area contributed by atoms with Crippen LogP contribution in [0, 0.1) is 3.83 Å². The van der Waals surface area contributed by atoms with Crippen molar-refractivity contribution in [3.63, 3.8) is 0 Å². The maximum absolute atomic E-state index is 3.25. The fourth-order valence-corrected chi connectivity index (χ4v) is 0. The van der Waals surface area contributed by atoms with Crippen LogP contribution in [0.2, 0.25) is 19.6 Å². The molecule has 0 aliphatic heterocycles. The van der Waals surface area contributed by atoms with Crippen LogP contribution in [-0.4, -0.2) is 8.07 Å². The van der Waals surface area contributed by atoms with Crippen molar-refractivity contribution in [1.29, 1.82) is 0 Å². The van der Waals surface area contributed by atoms with E-state index in [2.05, 4.69) is 23.5 Å². The average molecular weight is 181 g/mol. The van der Waals surface area contributed by atoms with Crippen LogP contribution in [0.5, 0.6) is 0 Å². The standard InChI is InChI=1S/C4H9Si.Mo/c1-5(2,3)4;/h1-3H3;. The quantitative estimate of drug-likeness (QED) is 0.495. The summed E-state index contributed by atoms with van der Waals surface area (Å²) in [6.07, 6.45) is 0. The molecular weight excluding hydrogens is 172 g/mol. The average Bonchev–Trinajstić information content (AvgIpc) is 1.35. The van der Waals surface area contributed by atoms with Gasteiger partial charge in [0.15, 0.2) is 0 Å². The molecule has 0 heterocycles. The Bertz CT molecular complexity index is 74.5. The Kier molecular flexibility index (Phi) is 2.35. The van der Waals surface area contributed by atoms with Crippen molar-refractivity contribution in [2.45, 2.75) is 19.6 Å². The van der Waals surface area contributed by atoms with Crippen LogP contribution in [0.1, 0.15) is 0 Å². The minimum absolute atomic E-state index is 0.877. The predicted molar refractivity (Wildman–Crippen MR) is 27.2 cm³/mol. The van der Waals surface area contributed by atoms with Crippen LogP contribution >= 0.6 is 0 Å². The van der Waals surface area contributed by atoms with E-state index in [0.717, 1.165) is 0 Å². The summed E-state index contributed by atoms with van der Waals surface area (Å²) in [6.45, 7) is 6.82. The molecule has 0 atom stereocenters. The molecule has 6 heavy (non-hydrogen) atoms. The van der Waals surface area contributed by atoms with Gasteiger partial charge in [0.25, 0.3) is 0 Å². The van der Waals surface area contributed by atoms with Crippen LogP contribution in [0.25, 0.3) is 0 Å². The number of rotatable bonds is 0. The van der Waals surface area contributed by atoms with Gasteiger partial charge in [-0.05, 0) is 0 Å². The van der Waals surface area contributed by atoms with Gasteiger partial charge >= 0.3 is 50.7 Å². The first-order valence-corrected chi connectivity index (χ1v) is 6.46. The van der Waals surface area contributed by atoms with Crippen LogP contribution in [0.15, 0.2) is 0 Å². The molecule has 0 saturated carbocycles. The van der Waals surface area contributed by atoms with Crippen molar-refractivity contribution in [1.82, 2.24) is 0 Å². The molecule has 0 rings (SSSR count). The molecule has 0 fully saturated rings. The van der Waals surface area contributed by atoms with E-state index in [1.165, 1.54) is 0 Å². The number of hydrogen-bond donors (Lipinski definition) is 0. The molecular formula is C4H9MoSi. The van der Waals surface area contributed by atoms with Crippen LogP contribution in [-0.2, 0) is 19.2 Å². The second-order valence-corrected chi connectivity index (χ2v) is 8.56. The Morgan fingerprint density at radius 1 is 1.33 bits per heavy atom. The van der Waals surface area contributed by atoms with Crippen molar-refractivity contribution < 1.29 is 19.2 Å².